The van der Waals surface area contributed by atoms with Crippen molar-refractivity contribution in [2.45, 2.75) is 0 Å². The van der Waals surface area contributed by atoms with Gasteiger partial charge in [-0.25, -0.2) is 14.6 Å². The Morgan fingerprint density at radius 2 is 2.23 bits per heavy atom. The fourth-order valence-corrected chi connectivity index (χ4v) is 0.904. The molecule has 0 radical (unpaired) electrons. The van der Waals surface area contributed by atoms with Gasteiger partial charge in [0.25, 0.3) is 5.56 Å². The number of nitrogens with zero attached hydrogens (tertiary/aromatic N) is 5. The van der Waals surface area contributed by atoms with Crippen molar-refractivity contribution in [3.8, 4) is 5.82 Å². The smallest absolute Gasteiger partial charge is 0.255 e. The lowest BCUT2D eigenvalue weighted by atomic mass is 10.6. The van der Waals surface area contributed by atoms with Gasteiger partial charge in [-0.05, 0) is 0 Å². The average Bonchev–Trinajstić information content (AvgIpc) is 2.62. The van der Waals surface area contributed by atoms with Gasteiger partial charge in [-0.2, -0.15) is 5.10 Å². The second-order valence-corrected chi connectivity index (χ2v) is 2.54. The van der Waals surface area contributed by atoms with Crippen LogP contribution >= 0.6 is 0 Å². The number of aromatic nitrogens is 5. The summed E-state index contributed by atoms with van der Waals surface area (Å²) in [5.41, 5.74) is -0.125. The fraction of sp³-hybridized carbons (Fsp3) is 0.143. The molecule has 0 saturated carbocycles. The van der Waals surface area contributed by atoms with Crippen LogP contribution in [0.1, 0.15) is 0 Å². The second-order valence-electron chi connectivity index (χ2n) is 2.54. The Morgan fingerprint density at radius 1 is 1.38 bits per heavy atom. The van der Waals surface area contributed by atoms with Gasteiger partial charge in [-0.3, -0.25) is 4.79 Å². The normalized spacial score (nSPS) is 10.2. The molecule has 0 atom stereocenters. The Balaban J connectivity index is 2.55. The predicted octanol–water partition coefficient (Wildman–Crippen LogP) is -0.639. The van der Waals surface area contributed by atoms with E-state index in [0.29, 0.717) is 5.82 Å². The summed E-state index contributed by atoms with van der Waals surface area (Å²) in [5.74, 6) is 0.473. The molecular weight excluding hydrogens is 170 g/mol. The zero-order chi connectivity index (χ0) is 9.26. The predicted molar refractivity (Wildman–Crippen MR) is 44.4 cm³/mol. The minimum Gasteiger partial charge on any atom is -0.302 e. The zero-order valence-corrected chi connectivity index (χ0v) is 6.95. The molecule has 0 fully saturated rings. The SMILES string of the molecule is Cn1cnc(-n2cncn2)cc1=O. The van der Waals surface area contributed by atoms with Crippen LogP contribution in [-0.4, -0.2) is 24.3 Å². The standard InChI is InChI=1S/C7H7N5O/c1-11-5-9-6(2-7(11)13)12-4-8-3-10-12/h2-5H,1H3. The van der Waals surface area contributed by atoms with E-state index in [0.717, 1.165) is 0 Å². The molecule has 6 nitrogen and oxygen atoms in total. The van der Waals surface area contributed by atoms with Crippen LogP contribution in [0.2, 0.25) is 0 Å². The van der Waals surface area contributed by atoms with Crippen molar-refractivity contribution < 1.29 is 0 Å². The van der Waals surface area contributed by atoms with E-state index in [1.165, 1.54) is 34.3 Å². The van der Waals surface area contributed by atoms with E-state index in [9.17, 15) is 4.79 Å². The van der Waals surface area contributed by atoms with Gasteiger partial charge < -0.3 is 4.57 Å². The molecule has 6 heteroatoms. The van der Waals surface area contributed by atoms with Gasteiger partial charge in [0, 0.05) is 13.1 Å². The van der Waals surface area contributed by atoms with Crippen LogP contribution in [-0.2, 0) is 7.05 Å². The van der Waals surface area contributed by atoms with Crippen molar-refractivity contribution in [3.63, 3.8) is 0 Å². The molecular formula is C7H7N5O. The van der Waals surface area contributed by atoms with Crippen molar-refractivity contribution in [1.82, 2.24) is 24.3 Å². The van der Waals surface area contributed by atoms with E-state index in [1.807, 2.05) is 0 Å². The van der Waals surface area contributed by atoms with Gasteiger partial charge in [-0.1, -0.05) is 0 Å². The summed E-state index contributed by atoms with van der Waals surface area (Å²) >= 11 is 0. The summed E-state index contributed by atoms with van der Waals surface area (Å²) in [7, 11) is 1.64. The first-order chi connectivity index (χ1) is 6.27. The Bertz CT molecular complexity index is 458. The number of rotatable bonds is 1. The third-order valence-corrected chi connectivity index (χ3v) is 1.62. The molecule has 0 unspecified atom stereocenters. The van der Waals surface area contributed by atoms with Crippen molar-refractivity contribution >= 4 is 0 Å². The fourth-order valence-electron chi connectivity index (χ4n) is 0.904. The molecule has 2 aromatic heterocycles. The van der Waals surface area contributed by atoms with Gasteiger partial charge in [-0.15, -0.1) is 0 Å². The maximum atomic E-state index is 11.2. The molecule has 2 heterocycles. The molecule has 66 valence electrons. The first-order valence-electron chi connectivity index (χ1n) is 3.65. The highest BCUT2D eigenvalue weighted by atomic mass is 16.1. The van der Waals surface area contributed by atoms with Crippen molar-refractivity contribution in [2.75, 3.05) is 0 Å². The van der Waals surface area contributed by atoms with E-state index in [4.69, 9.17) is 0 Å². The summed E-state index contributed by atoms with van der Waals surface area (Å²) in [4.78, 5) is 19.0. The van der Waals surface area contributed by atoms with Crippen molar-refractivity contribution in [2.24, 2.45) is 7.05 Å². The van der Waals surface area contributed by atoms with Crippen LogP contribution in [0.15, 0.2) is 29.8 Å². The summed E-state index contributed by atoms with van der Waals surface area (Å²) < 4.78 is 2.82. The molecule has 0 bridgehead atoms. The second kappa shape index (κ2) is 2.81. The maximum absolute atomic E-state index is 11.2. The van der Waals surface area contributed by atoms with Crippen LogP contribution < -0.4 is 5.56 Å². The molecule has 0 aromatic carbocycles. The number of hydrogen-bond acceptors (Lipinski definition) is 4. The van der Waals surface area contributed by atoms with Crippen LogP contribution in [0.5, 0.6) is 0 Å². The lowest BCUT2D eigenvalue weighted by Crippen LogP contribution is -2.17. The van der Waals surface area contributed by atoms with Crippen molar-refractivity contribution in [3.05, 3.63) is 35.4 Å². The zero-order valence-electron chi connectivity index (χ0n) is 6.95. The molecule has 0 aliphatic rings. The summed E-state index contributed by atoms with van der Waals surface area (Å²) in [6, 6.07) is 1.40. The van der Waals surface area contributed by atoms with Gasteiger partial charge in [0.1, 0.15) is 12.7 Å². The van der Waals surface area contributed by atoms with Crippen LogP contribution in [0.25, 0.3) is 5.82 Å². The minimum atomic E-state index is -0.125. The van der Waals surface area contributed by atoms with Gasteiger partial charge in [0.05, 0.1) is 6.33 Å². The molecule has 13 heavy (non-hydrogen) atoms. The van der Waals surface area contributed by atoms with Gasteiger partial charge in [0.15, 0.2) is 5.82 Å². The van der Waals surface area contributed by atoms with E-state index in [2.05, 4.69) is 15.1 Å². The monoisotopic (exact) mass is 177 g/mol. The van der Waals surface area contributed by atoms with Gasteiger partial charge >= 0.3 is 0 Å². The number of hydrogen-bond donors (Lipinski definition) is 0. The topological polar surface area (TPSA) is 65.6 Å². The summed E-state index contributed by atoms with van der Waals surface area (Å²) in [5, 5.41) is 3.85. The summed E-state index contributed by atoms with van der Waals surface area (Å²) in [6.07, 6.45) is 4.32. The molecule has 2 rings (SSSR count). The quantitative estimate of drug-likeness (QED) is 0.581. The third-order valence-electron chi connectivity index (χ3n) is 1.62. The highest BCUT2D eigenvalue weighted by Gasteiger charge is 1.99. The molecule has 0 spiro atoms. The number of aryl methyl sites for hydroxylation is 1. The highest BCUT2D eigenvalue weighted by Crippen LogP contribution is 1.94. The van der Waals surface area contributed by atoms with E-state index in [1.54, 1.807) is 7.05 Å². The third kappa shape index (κ3) is 1.33. The van der Waals surface area contributed by atoms with E-state index in [-0.39, 0.29) is 5.56 Å². The maximum Gasteiger partial charge on any atom is 0.255 e. The minimum absolute atomic E-state index is 0.125. The van der Waals surface area contributed by atoms with E-state index >= 15 is 0 Å². The Hall–Kier alpha value is -1.98. The largest absolute Gasteiger partial charge is 0.302 e. The lowest BCUT2D eigenvalue weighted by molar-refractivity contribution is 0.775. The van der Waals surface area contributed by atoms with Gasteiger partial charge in [0.2, 0.25) is 0 Å². The first-order valence-corrected chi connectivity index (χ1v) is 3.65. The molecule has 0 aliphatic carbocycles. The molecule has 0 aliphatic heterocycles. The van der Waals surface area contributed by atoms with Crippen LogP contribution in [0.3, 0.4) is 0 Å². The molecule has 0 amide bonds. The van der Waals surface area contributed by atoms with Crippen molar-refractivity contribution in [1.29, 1.82) is 0 Å². The molecule has 0 N–H and O–H groups in total. The Kier molecular flexibility index (Phi) is 1.66. The average molecular weight is 177 g/mol. The van der Waals surface area contributed by atoms with Crippen LogP contribution in [0, 0.1) is 0 Å². The molecule has 0 saturated heterocycles. The lowest BCUT2D eigenvalue weighted by Gasteiger charge is -1.99. The highest BCUT2D eigenvalue weighted by molar-refractivity contribution is 5.16. The molecule has 2 aromatic rings. The van der Waals surface area contributed by atoms with E-state index < -0.39 is 0 Å². The Labute approximate surface area is 73.5 Å². The summed E-state index contributed by atoms with van der Waals surface area (Å²) in [6.45, 7) is 0. The van der Waals surface area contributed by atoms with Crippen LogP contribution in [0.4, 0.5) is 0 Å². The Morgan fingerprint density at radius 3 is 2.85 bits per heavy atom. The first kappa shape index (κ1) is 7.66.